The maximum Gasteiger partial charge on any atom is 0.254 e. The van der Waals surface area contributed by atoms with E-state index in [1.54, 1.807) is 13.8 Å². The summed E-state index contributed by atoms with van der Waals surface area (Å²) in [6, 6.07) is 0. The van der Waals surface area contributed by atoms with Gasteiger partial charge in [0.15, 0.2) is 0 Å². The molecule has 1 heterocycles. The summed E-state index contributed by atoms with van der Waals surface area (Å²) in [4.78, 5) is 20.0. The first-order valence-electron chi connectivity index (χ1n) is 5.81. The van der Waals surface area contributed by atoms with E-state index in [1.807, 2.05) is 0 Å². The molecule has 1 aliphatic carbocycles. The lowest BCUT2D eigenvalue weighted by Crippen LogP contribution is -2.47. The maximum atomic E-state index is 11.9. The molecule has 1 aliphatic rings. The van der Waals surface area contributed by atoms with Crippen LogP contribution in [0.4, 0.5) is 0 Å². The fraction of sp³-hybridized carbons (Fsp3) is 0.583. The minimum absolute atomic E-state index is 0.220. The SMILES string of the molecule is Cc1ncc(C(=O)NCC2(O)CCC2)c(C)n1. The molecule has 1 saturated carbocycles. The largest absolute Gasteiger partial charge is 0.388 e. The van der Waals surface area contributed by atoms with E-state index in [1.165, 1.54) is 6.20 Å². The summed E-state index contributed by atoms with van der Waals surface area (Å²) in [5, 5.41) is 12.6. The smallest absolute Gasteiger partial charge is 0.254 e. The third-order valence-electron chi connectivity index (χ3n) is 3.21. The molecule has 1 amide bonds. The summed E-state index contributed by atoms with van der Waals surface area (Å²) in [6.45, 7) is 3.87. The predicted octanol–water partition coefficient (Wildman–Crippen LogP) is 0.738. The van der Waals surface area contributed by atoms with Crippen LogP contribution in [0.2, 0.25) is 0 Å². The summed E-state index contributed by atoms with van der Waals surface area (Å²) >= 11 is 0. The fourth-order valence-electron chi connectivity index (χ4n) is 1.91. The van der Waals surface area contributed by atoms with Gasteiger partial charge in [-0.3, -0.25) is 4.79 Å². The molecule has 0 aliphatic heterocycles. The number of carbonyl (C=O) groups is 1. The van der Waals surface area contributed by atoms with Crippen LogP contribution in [0.1, 0.15) is 41.1 Å². The third-order valence-corrected chi connectivity index (χ3v) is 3.21. The van der Waals surface area contributed by atoms with Crippen molar-refractivity contribution in [3.8, 4) is 0 Å². The first-order chi connectivity index (χ1) is 8.00. The summed E-state index contributed by atoms with van der Waals surface area (Å²) in [5.74, 6) is 0.430. The standard InChI is InChI=1S/C12H17N3O2/c1-8-10(6-13-9(2)15-8)11(16)14-7-12(17)4-3-5-12/h6,17H,3-5,7H2,1-2H3,(H,14,16). The molecule has 0 radical (unpaired) electrons. The van der Waals surface area contributed by atoms with E-state index in [9.17, 15) is 9.90 Å². The Morgan fingerprint density at radius 1 is 1.53 bits per heavy atom. The van der Waals surface area contributed by atoms with Gasteiger partial charge in [0, 0.05) is 12.7 Å². The highest BCUT2D eigenvalue weighted by Gasteiger charge is 2.34. The first kappa shape index (κ1) is 12.0. The Morgan fingerprint density at radius 3 is 2.76 bits per heavy atom. The summed E-state index contributed by atoms with van der Waals surface area (Å²) in [6.07, 6.45) is 4.07. The van der Waals surface area contributed by atoms with Crippen molar-refractivity contribution in [1.82, 2.24) is 15.3 Å². The molecular weight excluding hydrogens is 218 g/mol. The number of amides is 1. The van der Waals surface area contributed by atoms with E-state index in [2.05, 4.69) is 15.3 Å². The maximum absolute atomic E-state index is 11.9. The van der Waals surface area contributed by atoms with Crippen LogP contribution in [-0.4, -0.2) is 33.1 Å². The van der Waals surface area contributed by atoms with E-state index in [-0.39, 0.29) is 5.91 Å². The summed E-state index contributed by atoms with van der Waals surface area (Å²) in [5.41, 5.74) is 0.434. The van der Waals surface area contributed by atoms with E-state index >= 15 is 0 Å². The van der Waals surface area contributed by atoms with Crippen molar-refractivity contribution < 1.29 is 9.90 Å². The van der Waals surface area contributed by atoms with Crippen LogP contribution in [0.15, 0.2) is 6.20 Å². The number of hydrogen-bond acceptors (Lipinski definition) is 4. The number of hydrogen-bond donors (Lipinski definition) is 2. The molecule has 0 bridgehead atoms. The molecule has 5 heteroatoms. The Morgan fingerprint density at radius 2 is 2.24 bits per heavy atom. The fourth-order valence-corrected chi connectivity index (χ4v) is 1.91. The third kappa shape index (κ3) is 2.61. The number of rotatable bonds is 3. The Hall–Kier alpha value is -1.49. The zero-order valence-corrected chi connectivity index (χ0v) is 10.2. The summed E-state index contributed by atoms with van der Waals surface area (Å²) in [7, 11) is 0. The van der Waals surface area contributed by atoms with Gasteiger partial charge in [0.25, 0.3) is 5.91 Å². The van der Waals surface area contributed by atoms with Gasteiger partial charge in [-0.05, 0) is 33.1 Å². The van der Waals surface area contributed by atoms with Crippen molar-refractivity contribution >= 4 is 5.91 Å². The monoisotopic (exact) mass is 235 g/mol. The van der Waals surface area contributed by atoms with Crippen LogP contribution in [0, 0.1) is 13.8 Å². The van der Waals surface area contributed by atoms with Crippen molar-refractivity contribution in [2.24, 2.45) is 0 Å². The lowest BCUT2D eigenvalue weighted by molar-refractivity contribution is -0.0300. The molecular formula is C12H17N3O2. The van der Waals surface area contributed by atoms with Crippen LogP contribution in [0.25, 0.3) is 0 Å². The van der Waals surface area contributed by atoms with E-state index < -0.39 is 5.60 Å². The number of aryl methyl sites for hydroxylation is 2. The summed E-state index contributed by atoms with van der Waals surface area (Å²) < 4.78 is 0. The van der Waals surface area contributed by atoms with Gasteiger partial charge in [-0.15, -0.1) is 0 Å². The average molecular weight is 235 g/mol. The van der Waals surface area contributed by atoms with Crippen molar-refractivity contribution in [3.63, 3.8) is 0 Å². The lowest BCUT2D eigenvalue weighted by Gasteiger charge is -2.36. The van der Waals surface area contributed by atoms with E-state index in [4.69, 9.17) is 0 Å². The second-order valence-electron chi connectivity index (χ2n) is 4.68. The van der Waals surface area contributed by atoms with E-state index in [0.29, 0.717) is 23.6 Å². The van der Waals surface area contributed by atoms with Crippen molar-refractivity contribution in [2.75, 3.05) is 6.54 Å². The molecule has 0 aromatic carbocycles. The highest BCUT2D eigenvalue weighted by molar-refractivity contribution is 5.94. The molecule has 1 aromatic heterocycles. The van der Waals surface area contributed by atoms with Gasteiger partial charge in [-0.1, -0.05) is 0 Å². The molecule has 92 valence electrons. The van der Waals surface area contributed by atoms with Crippen LogP contribution in [-0.2, 0) is 0 Å². The highest BCUT2D eigenvalue weighted by atomic mass is 16.3. The van der Waals surface area contributed by atoms with Gasteiger partial charge in [-0.25, -0.2) is 9.97 Å². The van der Waals surface area contributed by atoms with Gasteiger partial charge < -0.3 is 10.4 Å². The van der Waals surface area contributed by atoms with Crippen LogP contribution < -0.4 is 5.32 Å². The van der Waals surface area contributed by atoms with Crippen molar-refractivity contribution in [3.05, 3.63) is 23.3 Å². The van der Waals surface area contributed by atoms with Crippen LogP contribution in [0.3, 0.4) is 0 Å². The molecule has 2 N–H and O–H groups in total. The number of aliphatic hydroxyl groups is 1. The van der Waals surface area contributed by atoms with E-state index in [0.717, 1.165) is 19.3 Å². The van der Waals surface area contributed by atoms with Gasteiger partial charge in [0.2, 0.25) is 0 Å². The minimum atomic E-state index is -0.699. The zero-order chi connectivity index (χ0) is 12.5. The Bertz CT molecular complexity index is 441. The normalized spacial score (nSPS) is 17.4. The number of aromatic nitrogens is 2. The highest BCUT2D eigenvalue weighted by Crippen LogP contribution is 2.30. The Labute approximate surface area is 100 Å². The lowest BCUT2D eigenvalue weighted by atomic mass is 9.80. The average Bonchev–Trinajstić information content (AvgIpc) is 2.23. The topological polar surface area (TPSA) is 75.1 Å². The molecule has 2 rings (SSSR count). The minimum Gasteiger partial charge on any atom is -0.388 e. The predicted molar refractivity (Wildman–Crippen MR) is 62.6 cm³/mol. The van der Waals surface area contributed by atoms with Crippen molar-refractivity contribution in [2.45, 2.75) is 38.7 Å². The molecule has 0 spiro atoms. The molecule has 1 fully saturated rings. The van der Waals surface area contributed by atoms with Gasteiger partial charge in [0.1, 0.15) is 5.82 Å². The second-order valence-corrected chi connectivity index (χ2v) is 4.68. The molecule has 5 nitrogen and oxygen atoms in total. The zero-order valence-electron chi connectivity index (χ0n) is 10.2. The first-order valence-corrected chi connectivity index (χ1v) is 5.81. The second kappa shape index (κ2) is 4.41. The molecule has 1 aromatic rings. The number of nitrogens with zero attached hydrogens (tertiary/aromatic N) is 2. The molecule has 17 heavy (non-hydrogen) atoms. The van der Waals surface area contributed by atoms with Crippen molar-refractivity contribution in [1.29, 1.82) is 0 Å². The Balaban J connectivity index is 1.99. The van der Waals surface area contributed by atoms with Gasteiger partial charge in [0.05, 0.1) is 16.9 Å². The molecule has 0 saturated heterocycles. The van der Waals surface area contributed by atoms with Gasteiger partial charge in [-0.2, -0.15) is 0 Å². The van der Waals surface area contributed by atoms with Crippen LogP contribution >= 0.6 is 0 Å². The quantitative estimate of drug-likeness (QED) is 0.810. The molecule has 0 atom stereocenters. The molecule has 0 unspecified atom stereocenters. The van der Waals surface area contributed by atoms with Gasteiger partial charge >= 0.3 is 0 Å². The van der Waals surface area contributed by atoms with Crippen LogP contribution in [0.5, 0.6) is 0 Å². The number of carbonyl (C=O) groups excluding carboxylic acids is 1. The number of nitrogens with one attached hydrogen (secondary N) is 1. The Kier molecular flexibility index (Phi) is 3.11.